The second-order valence-electron chi connectivity index (χ2n) is 4.61. The molecule has 78 valence electrons. The quantitative estimate of drug-likeness (QED) is 0.772. The molecule has 0 saturated heterocycles. The zero-order valence-corrected chi connectivity index (χ0v) is 9.17. The van der Waals surface area contributed by atoms with Gasteiger partial charge in [0.1, 0.15) is 0 Å². The van der Waals surface area contributed by atoms with E-state index in [-0.39, 0.29) is 0 Å². The third-order valence-corrected chi connectivity index (χ3v) is 3.19. The van der Waals surface area contributed by atoms with Crippen molar-refractivity contribution >= 4 is 0 Å². The number of H-pyrrole nitrogens is 1. The van der Waals surface area contributed by atoms with Gasteiger partial charge in [-0.2, -0.15) is 5.10 Å². The van der Waals surface area contributed by atoms with Crippen LogP contribution in [0.5, 0.6) is 0 Å². The van der Waals surface area contributed by atoms with Gasteiger partial charge in [-0.25, -0.2) is 0 Å². The van der Waals surface area contributed by atoms with E-state index in [1.165, 1.54) is 24.1 Å². The monoisotopic (exact) mass is 193 g/mol. The highest BCUT2D eigenvalue weighted by Crippen LogP contribution is 2.28. The summed E-state index contributed by atoms with van der Waals surface area (Å²) in [5.41, 5.74) is 2.47. The smallest absolute Gasteiger partial charge is 0.0537 e. The topological polar surface area (TPSA) is 40.7 Å². The molecule has 1 saturated carbocycles. The summed E-state index contributed by atoms with van der Waals surface area (Å²) in [7, 11) is 0. The zero-order valence-electron chi connectivity index (χ0n) is 9.17. The highest BCUT2D eigenvalue weighted by atomic mass is 15.1. The van der Waals surface area contributed by atoms with E-state index in [1.807, 2.05) is 6.20 Å². The standard InChI is InChI=1S/C11H19N3/c1-7-4-10(5-7)13-8(2)11-6-12-14-9(11)3/h6-8,10,13H,4-5H2,1-3H3,(H,12,14). The first-order valence-corrected chi connectivity index (χ1v) is 5.42. The Balaban J connectivity index is 1.90. The molecule has 2 N–H and O–H groups in total. The summed E-state index contributed by atoms with van der Waals surface area (Å²) in [5, 5.41) is 10.7. The third kappa shape index (κ3) is 1.82. The van der Waals surface area contributed by atoms with Crippen LogP contribution in [0.4, 0.5) is 0 Å². The van der Waals surface area contributed by atoms with Crippen LogP contribution in [0.25, 0.3) is 0 Å². The summed E-state index contributed by atoms with van der Waals surface area (Å²) in [4.78, 5) is 0. The summed E-state index contributed by atoms with van der Waals surface area (Å²) in [6, 6.07) is 1.14. The molecule has 1 aliphatic rings. The van der Waals surface area contributed by atoms with Gasteiger partial charge in [-0.3, -0.25) is 5.10 Å². The van der Waals surface area contributed by atoms with Crippen molar-refractivity contribution in [3.8, 4) is 0 Å². The Morgan fingerprint density at radius 1 is 1.57 bits per heavy atom. The fraction of sp³-hybridized carbons (Fsp3) is 0.727. The minimum absolute atomic E-state index is 0.422. The van der Waals surface area contributed by atoms with Gasteiger partial charge in [0.05, 0.1) is 6.20 Å². The average molecular weight is 193 g/mol. The van der Waals surface area contributed by atoms with E-state index < -0.39 is 0 Å². The van der Waals surface area contributed by atoms with E-state index in [4.69, 9.17) is 0 Å². The minimum atomic E-state index is 0.422. The summed E-state index contributed by atoms with van der Waals surface area (Å²) in [5.74, 6) is 0.908. The molecule has 0 aromatic carbocycles. The maximum atomic E-state index is 4.04. The molecule has 0 amide bonds. The normalized spacial score (nSPS) is 28.5. The van der Waals surface area contributed by atoms with Crippen LogP contribution >= 0.6 is 0 Å². The predicted molar refractivity (Wildman–Crippen MR) is 57.1 cm³/mol. The van der Waals surface area contributed by atoms with E-state index in [0.29, 0.717) is 12.1 Å². The molecule has 1 heterocycles. The predicted octanol–water partition coefficient (Wildman–Crippen LogP) is 2.17. The molecule has 2 rings (SSSR count). The van der Waals surface area contributed by atoms with Crippen LogP contribution in [0.1, 0.15) is 44.0 Å². The van der Waals surface area contributed by atoms with E-state index in [9.17, 15) is 0 Å². The van der Waals surface area contributed by atoms with E-state index in [0.717, 1.165) is 5.92 Å². The number of aromatic amines is 1. The Kier molecular flexibility index (Phi) is 2.59. The summed E-state index contributed by atoms with van der Waals surface area (Å²) in [6.45, 7) is 6.59. The van der Waals surface area contributed by atoms with Gasteiger partial charge in [-0.15, -0.1) is 0 Å². The van der Waals surface area contributed by atoms with Crippen LogP contribution in [-0.4, -0.2) is 16.2 Å². The second kappa shape index (κ2) is 3.73. The zero-order chi connectivity index (χ0) is 10.1. The van der Waals surface area contributed by atoms with Crippen molar-refractivity contribution < 1.29 is 0 Å². The fourth-order valence-corrected chi connectivity index (χ4v) is 2.28. The number of nitrogens with zero attached hydrogens (tertiary/aromatic N) is 1. The van der Waals surface area contributed by atoms with Crippen LogP contribution in [-0.2, 0) is 0 Å². The van der Waals surface area contributed by atoms with Gasteiger partial charge in [-0.1, -0.05) is 6.92 Å². The summed E-state index contributed by atoms with van der Waals surface area (Å²) >= 11 is 0. The molecule has 1 atom stereocenters. The van der Waals surface area contributed by atoms with Crippen molar-refractivity contribution in [3.05, 3.63) is 17.5 Å². The largest absolute Gasteiger partial charge is 0.307 e. The maximum Gasteiger partial charge on any atom is 0.0537 e. The first-order chi connectivity index (χ1) is 6.66. The van der Waals surface area contributed by atoms with Crippen molar-refractivity contribution in [1.29, 1.82) is 0 Å². The molecule has 1 aromatic rings. The maximum absolute atomic E-state index is 4.04. The molecule has 3 nitrogen and oxygen atoms in total. The second-order valence-corrected chi connectivity index (χ2v) is 4.61. The van der Waals surface area contributed by atoms with E-state index in [2.05, 4.69) is 36.3 Å². The Bertz CT molecular complexity index is 299. The van der Waals surface area contributed by atoms with Crippen LogP contribution in [0, 0.1) is 12.8 Å². The molecular formula is C11H19N3. The van der Waals surface area contributed by atoms with Crippen LogP contribution in [0.15, 0.2) is 6.20 Å². The molecule has 0 spiro atoms. The Morgan fingerprint density at radius 3 is 2.79 bits per heavy atom. The van der Waals surface area contributed by atoms with Gasteiger partial charge in [0.2, 0.25) is 0 Å². The van der Waals surface area contributed by atoms with Crippen molar-refractivity contribution in [3.63, 3.8) is 0 Å². The first kappa shape index (κ1) is 9.71. The van der Waals surface area contributed by atoms with Gasteiger partial charge in [0.25, 0.3) is 0 Å². The van der Waals surface area contributed by atoms with Gasteiger partial charge in [0, 0.05) is 23.3 Å². The molecule has 0 bridgehead atoms. The van der Waals surface area contributed by atoms with Crippen molar-refractivity contribution in [2.45, 2.75) is 45.7 Å². The first-order valence-electron chi connectivity index (χ1n) is 5.42. The van der Waals surface area contributed by atoms with Gasteiger partial charge < -0.3 is 5.32 Å². The molecule has 1 aromatic heterocycles. The lowest BCUT2D eigenvalue weighted by molar-refractivity contribution is 0.226. The molecule has 0 aliphatic heterocycles. The van der Waals surface area contributed by atoms with Crippen molar-refractivity contribution in [1.82, 2.24) is 15.5 Å². The summed E-state index contributed by atoms with van der Waals surface area (Å²) in [6.07, 6.45) is 4.57. The number of aromatic nitrogens is 2. The molecule has 0 radical (unpaired) electrons. The lowest BCUT2D eigenvalue weighted by atomic mass is 9.81. The Hall–Kier alpha value is -0.830. The van der Waals surface area contributed by atoms with E-state index in [1.54, 1.807) is 0 Å². The number of nitrogens with one attached hydrogen (secondary N) is 2. The molecule has 14 heavy (non-hydrogen) atoms. The summed E-state index contributed by atoms with van der Waals surface area (Å²) < 4.78 is 0. The number of hydrogen-bond acceptors (Lipinski definition) is 2. The number of rotatable bonds is 3. The van der Waals surface area contributed by atoms with Gasteiger partial charge in [-0.05, 0) is 32.6 Å². The van der Waals surface area contributed by atoms with Crippen molar-refractivity contribution in [2.24, 2.45) is 5.92 Å². The van der Waals surface area contributed by atoms with Crippen molar-refractivity contribution in [2.75, 3.05) is 0 Å². The minimum Gasteiger partial charge on any atom is -0.307 e. The highest BCUT2D eigenvalue weighted by Gasteiger charge is 2.26. The molecule has 1 unspecified atom stereocenters. The third-order valence-electron chi connectivity index (χ3n) is 3.19. The average Bonchev–Trinajstić information content (AvgIpc) is 2.48. The van der Waals surface area contributed by atoms with Crippen LogP contribution in [0.3, 0.4) is 0 Å². The lowest BCUT2D eigenvalue weighted by Crippen LogP contribution is -2.41. The van der Waals surface area contributed by atoms with Crippen LogP contribution in [0.2, 0.25) is 0 Å². The SMILES string of the molecule is Cc1[nH]ncc1C(C)NC1CC(C)C1. The van der Waals surface area contributed by atoms with Gasteiger partial charge >= 0.3 is 0 Å². The highest BCUT2D eigenvalue weighted by molar-refractivity contribution is 5.18. The Labute approximate surface area is 85.3 Å². The number of hydrogen-bond donors (Lipinski definition) is 2. The molecule has 1 aliphatic carbocycles. The van der Waals surface area contributed by atoms with Crippen LogP contribution < -0.4 is 5.32 Å². The Morgan fingerprint density at radius 2 is 2.29 bits per heavy atom. The van der Waals surface area contributed by atoms with Gasteiger partial charge in [0.15, 0.2) is 0 Å². The molecule has 3 heteroatoms. The molecule has 1 fully saturated rings. The number of aryl methyl sites for hydroxylation is 1. The lowest BCUT2D eigenvalue weighted by Gasteiger charge is -2.35. The molecular weight excluding hydrogens is 174 g/mol. The van der Waals surface area contributed by atoms with E-state index >= 15 is 0 Å². The fourth-order valence-electron chi connectivity index (χ4n) is 2.28.